The lowest BCUT2D eigenvalue weighted by molar-refractivity contribution is -0.128. The van der Waals surface area contributed by atoms with Gasteiger partial charge in [-0.1, -0.05) is 12.1 Å². The average molecular weight is 601 g/mol. The van der Waals surface area contributed by atoms with Crippen LogP contribution in [0, 0.1) is 5.82 Å². The van der Waals surface area contributed by atoms with E-state index < -0.39 is 18.0 Å². The molecule has 1 aromatic carbocycles. The van der Waals surface area contributed by atoms with Gasteiger partial charge in [0.2, 0.25) is 5.91 Å². The number of likely N-dealkylation sites (tertiary alicyclic amines) is 1. The lowest BCUT2D eigenvalue weighted by Crippen LogP contribution is -2.45. The number of nitrogens with zero attached hydrogens (tertiary/aromatic N) is 3. The van der Waals surface area contributed by atoms with Crippen LogP contribution in [0.3, 0.4) is 0 Å². The summed E-state index contributed by atoms with van der Waals surface area (Å²) in [5.41, 5.74) is 0.623. The van der Waals surface area contributed by atoms with Crippen molar-refractivity contribution in [3.63, 3.8) is 0 Å². The van der Waals surface area contributed by atoms with Crippen LogP contribution in [0.25, 0.3) is 0 Å². The van der Waals surface area contributed by atoms with E-state index >= 15 is 0 Å². The molecule has 2 fully saturated rings. The predicted octanol–water partition coefficient (Wildman–Crippen LogP) is 3.91. The van der Waals surface area contributed by atoms with Gasteiger partial charge in [-0.05, 0) is 76.3 Å². The Labute approximate surface area is 251 Å². The molecule has 3 N–H and O–H groups in total. The number of benzene rings is 1. The molecule has 2 aromatic rings. The summed E-state index contributed by atoms with van der Waals surface area (Å²) >= 11 is 0. The third-order valence-corrected chi connectivity index (χ3v) is 7.47. The van der Waals surface area contributed by atoms with Crippen LogP contribution < -0.4 is 20.9 Å². The largest absolute Gasteiger partial charge is 0.444 e. The summed E-state index contributed by atoms with van der Waals surface area (Å²) < 4.78 is 33.5. The number of hydrogen-bond acceptors (Lipinski definition) is 7. The fourth-order valence-electron chi connectivity index (χ4n) is 5.40. The van der Waals surface area contributed by atoms with Crippen LogP contribution in [0.1, 0.15) is 68.8 Å². The summed E-state index contributed by atoms with van der Waals surface area (Å²) in [7, 11) is 0. The maximum atomic E-state index is 14.8. The lowest BCUT2D eigenvalue weighted by Gasteiger charge is -2.28. The standard InChI is InChI=1S/C31H42F2N6O4/c1-31(2,3)43-30(42)35-15-5-17-38-24(9-13-28(38)40)20-37-29(41)22-8-11-27(36-19-22)39-25(33)10-12-26(39)34-16-14-21-6-4-7-23(32)18-21/h4,6-8,11,18-19,24-26,34H,5,9-10,12-17,20H2,1-3H3,(H,35,42)(H,37,41)/t24-,25?,26?/m1/s1. The van der Waals surface area contributed by atoms with Crippen LogP contribution in [0.4, 0.5) is 19.4 Å². The molecule has 2 saturated heterocycles. The topological polar surface area (TPSA) is 116 Å². The zero-order valence-corrected chi connectivity index (χ0v) is 25.1. The number of rotatable bonds is 12. The van der Waals surface area contributed by atoms with Gasteiger partial charge in [0.05, 0.1) is 11.7 Å². The molecular formula is C31H42F2N6O4. The summed E-state index contributed by atoms with van der Waals surface area (Å²) in [6.07, 6.45) is 2.64. The molecule has 3 atom stereocenters. The minimum absolute atomic E-state index is 0.0213. The first kappa shape index (κ1) is 32.1. The molecule has 0 bridgehead atoms. The van der Waals surface area contributed by atoms with Crippen molar-refractivity contribution in [2.45, 2.75) is 83.4 Å². The summed E-state index contributed by atoms with van der Waals surface area (Å²) in [6.45, 7) is 7.05. The van der Waals surface area contributed by atoms with Crippen molar-refractivity contribution in [3.8, 4) is 0 Å². The number of carbonyl (C=O) groups excluding carboxylic acids is 3. The smallest absolute Gasteiger partial charge is 0.407 e. The minimum atomic E-state index is -1.20. The van der Waals surface area contributed by atoms with E-state index in [2.05, 4.69) is 20.9 Å². The van der Waals surface area contributed by atoms with E-state index in [9.17, 15) is 23.2 Å². The van der Waals surface area contributed by atoms with Gasteiger partial charge in [-0.25, -0.2) is 18.6 Å². The summed E-state index contributed by atoms with van der Waals surface area (Å²) in [6, 6.07) is 9.54. The maximum absolute atomic E-state index is 14.8. The summed E-state index contributed by atoms with van der Waals surface area (Å²) in [4.78, 5) is 44.8. The second-order valence-electron chi connectivity index (χ2n) is 11.9. The van der Waals surface area contributed by atoms with Crippen molar-refractivity contribution >= 4 is 23.7 Å². The number of aromatic nitrogens is 1. The quantitative estimate of drug-likeness (QED) is 0.250. The van der Waals surface area contributed by atoms with Gasteiger partial charge in [0.1, 0.15) is 17.2 Å². The van der Waals surface area contributed by atoms with Crippen molar-refractivity contribution in [1.29, 1.82) is 0 Å². The van der Waals surface area contributed by atoms with E-state index in [0.717, 1.165) is 5.56 Å². The normalized spacial score (nSPS) is 20.4. The average Bonchev–Trinajstić information content (AvgIpc) is 3.50. The third kappa shape index (κ3) is 9.34. The third-order valence-electron chi connectivity index (χ3n) is 7.47. The van der Waals surface area contributed by atoms with Crippen LogP contribution in [-0.4, -0.2) is 78.1 Å². The second-order valence-corrected chi connectivity index (χ2v) is 11.9. The molecule has 2 aliphatic heterocycles. The number of alkyl halides is 1. The fraction of sp³-hybridized carbons (Fsp3) is 0.548. The first-order valence-corrected chi connectivity index (χ1v) is 14.9. The molecule has 2 aliphatic rings. The summed E-state index contributed by atoms with van der Waals surface area (Å²) in [5, 5.41) is 8.93. The molecule has 4 rings (SSSR count). The highest BCUT2D eigenvalue weighted by Crippen LogP contribution is 2.29. The van der Waals surface area contributed by atoms with Crippen molar-refractivity contribution in [1.82, 2.24) is 25.8 Å². The highest BCUT2D eigenvalue weighted by atomic mass is 19.1. The van der Waals surface area contributed by atoms with Gasteiger partial charge in [0.15, 0.2) is 6.30 Å². The maximum Gasteiger partial charge on any atom is 0.407 e. The minimum Gasteiger partial charge on any atom is -0.444 e. The number of anilines is 1. The van der Waals surface area contributed by atoms with E-state index in [1.165, 1.54) is 18.3 Å². The van der Waals surface area contributed by atoms with Gasteiger partial charge in [-0.3, -0.25) is 14.9 Å². The monoisotopic (exact) mass is 600 g/mol. The van der Waals surface area contributed by atoms with E-state index in [1.807, 2.05) is 6.07 Å². The molecule has 12 heteroatoms. The fourth-order valence-corrected chi connectivity index (χ4v) is 5.40. The Bertz CT molecular complexity index is 1260. The molecule has 1 aromatic heterocycles. The number of ether oxygens (including phenoxy) is 1. The SMILES string of the molecule is CC(C)(C)OC(=O)NCCCN1C(=O)CC[C@@H]1CNC(=O)c1ccc(N2C(F)CCC2NCCc2cccc(F)c2)nc1. The Morgan fingerprint density at radius 3 is 2.63 bits per heavy atom. The van der Waals surface area contributed by atoms with Gasteiger partial charge in [-0.15, -0.1) is 0 Å². The number of carbonyl (C=O) groups is 3. The Hall–Kier alpha value is -3.80. The number of halogens is 2. The Morgan fingerprint density at radius 1 is 1.09 bits per heavy atom. The Morgan fingerprint density at radius 2 is 1.91 bits per heavy atom. The first-order chi connectivity index (χ1) is 20.5. The molecule has 0 saturated carbocycles. The van der Waals surface area contributed by atoms with Gasteiger partial charge in [0, 0.05) is 51.3 Å². The number of pyridine rings is 1. The van der Waals surface area contributed by atoms with Crippen molar-refractivity contribution in [3.05, 3.63) is 59.5 Å². The molecule has 0 radical (unpaired) electrons. The zero-order valence-electron chi connectivity index (χ0n) is 25.1. The molecule has 43 heavy (non-hydrogen) atoms. The van der Waals surface area contributed by atoms with E-state index in [1.54, 1.807) is 48.8 Å². The first-order valence-electron chi connectivity index (χ1n) is 14.9. The molecular weight excluding hydrogens is 558 g/mol. The highest BCUT2D eigenvalue weighted by molar-refractivity contribution is 5.94. The van der Waals surface area contributed by atoms with E-state index in [0.29, 0.717) is 76.1 Å². The Kier molecular flexibility index (Phi) is 10.9. The van der Waals surface area contributed by atoms with Crippen LogP contribution in [0.15, 0.2) is 42.6 Å². The van der Waals surface area contributed by atoms with Gasteiger partial charge >= 0.3 is 6.09 Å². The molecule has 0 spiro atoms. The number of amides is 3. The summed E-state index contributed by atoms with van der Waals surface area (Å²) in [5.74, 6) is -0.158. The van der Waals surface area contributed by atoms with Gasteiger partial charge < -0.3 is 25.2 Å². The highest BCUT2D eigenvalue weighted by Gasteiger charge is 2.34. The second kappa shape index (κ2) is 14.6. The molecule has 3 amide bonds. The van der Waals surface area contributed by atoms with Crippen LogP contribution >= 0.6 is 0 Å². The Balaban J connectivity index is 1.23. The zero-order chi connectivity index (χ0) is 31.0. The number of hydrogen-bond donors (Lipinski definition) is 3. The number of nitrogens with one attached hydrogen (secondary N) is 3. The van der Waals surface area contributed by atoms with Crippen molar-refractivity contribution in [2.75, 3.05) is 31.1 Å². The predicted molar refractivity (Wildman–Crippen MR) is 159 cm³/mol. The lowest BCUT2D eigenvalue weighted by atomic mass is 10.1. The van der Waals surface area contributed by atoms with Crippen LogP contribution in [0.5, 0.6) is 0 Å². The van der Waals surface area contributed by atoms with Gasteiger partial charge in [0.25, 0.3) is 5.91 Å². The van der Waals surface area contributed by atoms with Crippen LogP contribution in [-0.2, 0) is 16.0 Å². The molecule has 10 nitrogen and oxygen atoms in total. The molecule has 0 aliphatic carbocycles. The van der Waals surface area contributed by atoms with Crippen molar-refractivity contribution < 1.29 is 27.9 Å². The molecule has 234 valence electrons. The number of alkyl carbamates (subject to hydrolysis) is 1. The van der Waals surface area contributed by atoms with Crippen molar-refractivity contribution in [2.24, 2.45) is 0 Å². The van der Waals surface area contributed by atoms with Crippen LogP contribution in [0.2, 0.25) is 0 Å². The van der Waals surface area contributed by atoms with Gasteiger partial charge in [-0.2, -0.15) is 0 Å². The molecule has 2 unspecified atom stereocenters. The molecule has 3 heterocycles. The van der Waals surface area contributed by atoms with E-state index in [-0.39, 0.29) is 29.8 Å². The van der Waals surface area contributed by atoms with E-state index in [4.69, 9.17) is 4.74 Å².